The molecule has 3 aromatic heterocycles. The Morgan fingerprint density at radius 1 is 0.893 bits per heavy atom. The van der Waals surface area contributed by atoms with Crippen LogP contribution in [0.15, 0.2) is 30.3 Å². The van der Waals surface area contributed by atoms with Gasteiger partial charge in [-0.1, -0.05) is 0 Å². The van der Waals surface area contributed by atoms with Gasteiger partial charge in [-0.05, 0) is 0 Å². The number of benzene rings is 1. The molecule has 0 aliphatic carbocycles. The fourth-order valence-corrected chi connectivity index (χ4v) is 12.9. The van der Waals surface area contributed by atoms with Crippen molar-refractivity contribution < 1.29 is 4.39 Å². The molecule has 0 amide bonds. The van der Waals surface area contributed by atoms with Gasteiger partial charge in [-0.25, -0.2) is 0 Å². The number of rotatable bonds is 4. The molecule has 0 N–H and O–H groups in total. The fraction of sp³-hybridized carbons (Fsp3) is 0.300. The maximum absolute atomic E-state index is 15.3. The predicted molar refractivity (Wildman–Crippen MR) is 130 cm³/mol. The topological polar surface area (TPSA) is 25.8 Å². The van der Waals surface area contributed by atoms with Crippen LogP contribution in [0.2, 0.25) is 34.5 Å². The van der Waals surface area contributed by atoms with Crippen LogP contribution in [0.3, 0.4) is 0 Å². The summed E-state index contributed by atoms with van der Waals surface area (Å²) in [6.45, 7) is 6.95. The van der Waals surface area contributed by atoms with Gasteiger partial charge in [0.25, 0.3) is 0 Å². The van der Waals surface area contributed by atoms with Crippen LogP contribution in [0.4, 0.5) is 4.39 Å². The molecule has 2 nitrogen and oxygen atoms in total. The Kier molecular flexibility index (Phi) is 5.36. The summed E-state index contributed by atoms with van der Waals surface area (Å²) in [5, 5.41) is 0. The van der Waals surface area contributed by atoms with Crippen LogP contribution in [0.1, 0.15) is 0 Å². The van der Waals surface area contributed by atoms with E-state index in [4.69, 9.17) is 0 Å². The van der Waals surface area contributed by atoms with Crippen LogP contribution in [0.5, 0.6) is 0 Å². The molecule has 8 heteroatoms. The van der Waals surface area contributed by atoms with E-state index in [-0.39, 0.29) is 5.82 Å². The van der Waals surface area contributed by atoms with Gasteiger partial charge in [0.15, 0.2) is 0 Å². The van der Waals surface area contributed by atoms with Gasteiger partial charge in [0.05, 0.1) is 0 Å². The summed E-state index contributed by atoms with van der Waals surface area (Å²) in [7, 11) is -1.42. The van der Waals surface area contributed by atoms with Gasteiger partial charge in [0.2, 0.25) is 0 Å². The number of halogens is 1. The molecule has 146 valence electrons. The molecular weight excluding hydrogens is 530 g/mol. The monoisotopic (exact) mass is 554 g/mol. The Bertz CT molecular complexity index is 1160. The van der Waals surface area contributed by atoms with Gasteiger partial charge >= 0.3 is 184 Å². The van der Waals surface area contributed by atoms with Crippen molar-refractivity contribution in [3.05, 3.63) is 36.1 Å². The van der Waals surface area contributed by atoms with E-state index >= 15 is 4.39 Å². The van der Waals surface area contributed by atoms with Gasteiger partial charge in [0, 0.05) is 0 Å². The second kappa shape index (κ2) is 7.26. The maximum atomic E-state index is 15.3. The third-order valence-corrected chi connectivity index (χ3v) is 20.5. The van der Waals surface area contributed by atoms with E-state index in [0.29, 0.717) is 11.1 Å². The van der Waals surface area contributed by atoms with Gasteiger partial charge in [-0.2, -0.15) is 0 Å². The van der Waals surface area contributed by atoms with E-state index in [1.54, 1.807) is 28.7 Å². The van der Waals surface area contributed by atoms with Crippen LogP contribution in [-0.4, -0.2) is 35.2 Å². The van der Waals surface area contributed by atoms with Crippen molar-refractivity contribution in [1.82, 2.24) is 8.75 Å². The average molecular weight is 553 g/mol. The van der Waals surface area contributed by atoms with E-state index < -0.39 is 26.5 Å². The molecular formula is C20H23FN2S3SiSn. The van der Waals surface area contributed by atoms with Crippen LogP contribution < -0.4 is 7.39 Å². The summed E-state index contributed by atoms with van der Waals surface area (Å²) in [5.74, 6) is -0.201. The third kappa shape index (κ3) is 3.76. The van der Waals surface area contributed by atoms with Crippen molar-refractivity contribution in [3.63, 3.8) is 0 Å². The molecule has 0 spiro atoms. The minimum absolute atomic E-state index is 0.201. The second-order valence-electron chi connectivity index (χ2n) is 9.07. The van der Waals surface area contributed by atoms with E-state index in [0.717, 1.165) is 20.8 Å². The first-order chi connectivity index (χ1) is 13.1. The molecule has 0 atom stereocenters. The number of thiophene rings is 2. The van der Waals surface area contributed by atoms with E-state index in [1.807, 2.05) is 6.07 Å². The van der Waals surface area contributed by atoms with E-state index in [1.165, 1.54) is 19.1 Å². The Labute approximate surface area is 182 Å². The van der Waals surface area contributed by atoms with Crippen molar-refractivity contribution in [2.75, 3.05) is 0 Å². The van der Waals surface area contributed by atoms with Crippen molar-refractivity contribution in [2.24, 2.45) is 0 Å². The molecule has 0 bridgehead atoms. The Morgan fingerprint density at radius 2 is 1.57 bits per heavy atom. The quantitative estimate of drug-likeness (QED) is 0.274. The van der Waals surface area contributed by atoms with Crippen molar-refractivity contribution in [1.29, 1.82) is 0 Å². The number of hydrogen-bond acceptors (Lipinski definition) is 5. The second-order valence-corrected chi connectivity index (χ2v) is 32.6. The van der Waals surface area contributed by atoms with Gasteiger partial charge in [-0.15, -0.1) is 0 Å². The first kappa shape index (κ1) is 20.7. The third-order valence-electron chi connectivity index (χ3n) is 4.69. The zero-order chi connectivity index (χ0) is 20.3. The molecule has 0 aliphatic heterocycles. The molecule has 0 radical (unpaired) electrons. The molecule has 0 fully saturated rings. The Balaban J connectivity index is 1.88. The molecule has 0 unspecified atom stereocenters. The van der Waals surface area contributed by atoms with Crippen molar-refractivity contribution in [2.45, 2.75) is 34.5 Å². The molecule has 4 aromatic rings. The molecule has 0 saturated carbocycles. The first-order valence-electron chi connectivity index (χ1n) is 9.22. The van der Waals surface area contributed by atoms with E-state index in [9.17, 15) is 0 Å². The number of aromatic nitrogens is 2. The average Bonchev–Trinajstić information content (AvgIpc) is 3.32. The minimum atomic E-state index is -2.14. The number of fused-ring (bicyclic) bond motifs is 1. The van der Waals surface area contributed by atoms with Crippen molar-refractivity contribution in [3.8, 4) is 20.9 Å². The number of hydrogen-bond donors (Lipinski definition) is 0. The summed E-state index contributed by atoms with van der Waals surface area (Å²) in [6.07, 6.45) is 0. The molecule has 28 heavy (non-hydrogen) atoms. The molecule has 0 aliphatic rings. The van der Waals surface area contributed by atoms with Crippen LogP contribution in [0, 0.1) is 5.82 Å². The summed E-state index contributed by atoms with van der Waals surface area (Å²) in [4.78, 5) is 9.26. The Hall–Kier alpha value is -0.614. The fourth-order valence-electron chi connectivity index (χ4n) is 3.09. The summed E-state index contributed by atoms with van der Waals surface area (Å²) >= 11 is 2.53. The summed E-state index contributed by atoms with van der Waals surface area (Å²) < 4.78 is 27.3. The van der Waals surface area contributed by atoms with Gasteiger partial charge in [-0.3, -0.25) is 0 Å². The molecule has 0 saturated heterocycles. The summed E-state index contributed by atoms with van der Waals surface area (Å²) in [5.41, 5.74) is 2.99. The SMILES string of the molecule is C[Si](C)(C)c1ccc(-c2c(F)cc(-c3cc[c]([Sn]([CH3])([CH3])[CH3])s3)c3nsnc23)s1. The van der Waals surface area contributed by atoms with Gasteiger partial charge < -0.3 is 0 Å². The number of nitrogens with zero attached hydrogens (tertiary/aromatic N) is 2. The first-order valence-corrected chi connectivity index (χ1v) is 25.1. The zero-order valence-corrected chi connectivity index (χ0v) is 23.2. The van der Waals surface area contributed by atoms with Crippen LogP contribution >= 0.6 is 34.4 Å². The molecule has 1 aromatic carbocycles. The normalized spacial score (nSPS) is 12.8. The zero-order valence-electron chi connectivity index (χ0n) is 16.9. The summed E-state index contributed by atoms with van der Waals surface area (Å²) in [6, 6.07) is 10.2. The Morgan fingerprint density at radius 3 is 2.18 bits per heavy atom. The van der Waals surface area contributed by atoms with Crippen LogP contribution in [0.25, 0.3) is 31.9 Å². The molecule has 4 rings (SSSR count). The van der Waals surface area contributed by atoms with Gasteiger partial charge in [0.1, 0.15) is 0 Å². The van der Waals surface area contributed by atoms with Crippen molar-refractivity contribution >= 4 is 79.3 Å². The van der Waals surface area contributed by atoms with Crippen LogP contribution in [-0.2, 0) is 0 Å². The molecule has 3 heterocycles. The predicted octanol–water partition coefficient (Wildman–Crippen LogP) is 6.38. The van der Waals surface area contributed by atoms with E-state index in [2.05, 4.69) is 61.4 Å². The standard InChI is InChI=1S/C17H14FN2S3Si.3CH3.Sn/c1-24(2,3)14-7-6-13(22-14)15-11(18)9-10(12-5-4-8-21-12)16-17(15)20-23-19-16;;;;/h4-7,9H,1-3H3;3*1H3;.